The summed E-state index contributed by atoms with van der Waals surface area (Å²) in [5.74, 6) is 0.931. The lowest BCUT2D eigenvalue weighted by atomic mass is 9.94. The molecule has 14 heavy (non-hydrogen) atoms. The number of hydrogen-bond acceptors (Lipinski definition) is 0. The molecule has 0 nitrogen and oxygen atoms in total. The van der Waals surface area contributed by atoms with E-state index in [0.29, 0.717) is 0 Å². The van der Waals surface area contributed by atoms with Gasteiger partial charge in [-0.25, -0.2) is 0 Å². The van der Waals surface area contributed by atoms with Gasteiger partial charge in [0.05, 0.1) is 0 Å². The molecule has 2 aliphatic carbocycles. The van der Waals surface area contributed by atoms with Gasteiger partial charge in [-0.3, -0.25) is 0 Å². The van der Waals surface area contributed by atoms with Gasteiger partial charge in [0.25, 0.3) is 0 Å². The van der Waals surface area contributed by atoms with Crippen LogP contribution in [0.25, 0.3) is 0 Å². The number of hydrogen-bond donors (Lipinski definition) is 0. The molecule has 0 aromatic carbocycles. The first-order valence-electron chi connectivity index (χ1n) is 6.30. The number of allylic oxidation sites excluding steroid dienone is 4. The molecule has 0 aromatic rings. The van der Waals surface area contributed by atoms with Gasteiger partial charge in [-0.15, -0.1) is 0 Å². The summed E-state index contributed by atoms with van der Waals surface area (Å²) in [7, 11) is 0. The molecule has 0 bridgehead atoms. The fourth-order valence-electron chi connectivity index (χ4n) is 2.86. The van der Waals surface area contributed by atoms with E-state index in [1.807, 2.05) is 0 Å². The SMILES string of the molecule is CCCCCCC1CCC2=C1C=CC2. The van der Waals surface area contributed by atoms with E-state index in [0.717, 1.165) is 5.92 Å². The summed E-state index contributed by atoms with van der Waals surface area (Å²) < 4.78 is 0. The zero-order valence-electron chi connectivity index (χ0n) is 9.39. The van der Waals surface area contributed by atoms with Gasteiger partial charge in [-0.1, -0.05) is 50.3 Å². The molecule has 0 saturated heterocycles. The van der Waals surface area contributed by atoms with E-state index >= 15 is 0 Å². The highest BCUT2D eigenvalue weighted by Crippen LogP contribution is 2.40. The first-order valence-corrected chi connectivity index (χ1v) is 6.30. The summed E-state index contributed by atoms with van der Waals surface area (Å²) in [4.78, 5) is 0. The van der Waals surface area contributed by atoms with Gasteiger partial charge in [0, 0.05) is 0 Å². The van der Waals surface area contributed by atoms with Gasteiger partial charge in [0.2, 0.25) is 0 Å². The van der Waals surface area contributed by atoms with Crippen LogP contribution in [-0.4, -0.2) is 0 Å². The van der Waals surface area contributed by atoms with Crippen LogP contribution in [0, 0.1) is 5.92 Å². The van der Waals surface area contributed by atoms with Crippen molar-refractivity contribution in [3.8, 4) is 0 Å². The van der Waals surface area contributed by atoms with Crippen LogP contribution in [0.3, 0.4) is 0 Å². The van der Waals surface area contributed by atoms with Crippen molar-refractivity contribution < 1.29 is 0 Å². The van der Waals surface area contributed by atoms with Crippen molar-refractivity contribution in [2.45, 2.75) is 58.3 Å². The van der Waals surface area contributed by atoms with Gasteiger partial charge in [0.15, 0.2) is 0 Å². The third-order valence-electron chi connectivity index (χ3n) is 3.71. The highest BCUT2D eigenvalue weighted by molar-refractivity contribution is 5.39. The largest absolute Gasteiger partial charge is 0.0802 e. The molecule has 0 amide bonds. The Hall–Kier alpha value is -0.520. The van der Waals surface area contributed by atoms with E-state index in [1.54, 1.807) is 11.1 Å². The number of unbranched alkanes of at least 4 members (excludes halogenated alkanes) is 3. The predicted molar refractivity (Wildman–Crippen MR) is 62.3 cm³/mol. The maximum atomic E-state index is 2.40. The highest BCUT2D eigenvalue weighted by atomic mass is 14.3. The molecule has 1 atom stereocenters. The topological polar surface area (TPSA) is 0 Å². The van der Waals surface area contributed by atoms with E-state index in [-0.39, 0.29) is 0 Å². The van der Waals surface area contributed by atoms with Crippen LogP contribution in [0.5, 0.6) is 0 Å². The standard InChI is InChI=1S/C14H22/c1-2-3-4-5-7-12-10-11-13-8-6-9-14(12)13/h6,9,12H,2-5,7-8,10-11H2,1H3. The normalized spacial score (nSPS) is 24.8. The Morgan fingerprint density at radius 1 is 1.29 bits per heavy atom. The molecule has 0 fully saturated rings. The fraction of sp³-hybridized carbons (Fsp3) is 0.714. The minimum atomic E-state index is 0.931. The van der Waals surface area contributed by atoms with E-state index in [4.69, 9.17) is 0 Å². The maximum Gasteiger partial charge on any atom is -0.0130 e. The molecule has 0 N–H and O–H groups in total. The molecule has 0 heteroatoms. The fourth-order valence-corrected chi connectivity index (χ4v) is 2.86. The molecule has 2 aliphatic rings. The molecule has 0 aromatic heterocycles. The van der Waals surface area contributed by atoms with E-state index in [1.165, 1.54) is 51.4 Å². The third-order valence-corrected chi connectivity index (χ3v) is 3.71. The molecule has 0 saturated carbocycles. The monoisotopic (exact) mass is 190 g/mol. The smallest absolute Gasteiger partial charge is 0.0130 e. The predicted octanol–water partition coefficient (Wildman–Crippen LogP) is 4.62. The van der Waals surface area contributed by atoms with Crippen LogP contribution in [0.2, 0.25) is 0 Å². The molecule has 0 radical (unpaired) electrons. The van der Waals surface area contributed by atoms with Crippen LogP contribution in [-0.2, 0) is 0 Å². The Morgan fingerprint density at radius 3 is 3.07 bits per heavy atom. The van der Waals surface area contributed by atoms with Gasteiger partial charge in [0.1, 0.15) is 0 Å². The van der Waals surface area contributed by atoms with Crippen molar-refractivity contribution in [1.29, 1.82) is 0 Å². The van der Waals surface area contributed by atoms with Crippen LogP contribution in [0.15, 0.2) is 23.3 Å². The Kier molecular flexibility index (Phi) is 3.44. The molecular formula is C14H22. The van der Waals surface area contributed by atoms with Crippen molar-refractivity contribution in [2.24, 2.45) is 5.92 Å². The zero-order chi connectivity index (χ0) is 9.80. The second kappa shape index (κ2) is 4.82. The first-order chi connectivity index (χ1) is 6.92. The molecular weight excluding hydrogens is 168 g/mol. The molecule has 0 spiro atoms. The highest BCUT2D eigenvalue weighted by Gasteiger charge is 2.24. The zero-order valence-corrected chi connectivity index (χ0v) is 9.39. The Bertz CT molecular complexity index is 245. The van der Waals surface area contributed by atoms with E-state index in [9.17, 15) is 0 Å². The van der Waals surface area contributed by atoms with Crippen molar-refractivity contribution in [2.75, 3.05) is 0 Å². The van der Waals surface area contributed by atoms with Crippen molar-refractivity contribution in [3.63, 3.8) is 0 Å². The quantitative estimate of drug-likeness (QED) is 0.555. The first kappa shape index (κ1) is 10.0. The summed E-state index contributed by atoms with van der Waals surface area (Å²) in [5.41, 5.74) is 3.48. The molecule has 1 unspecified atom stereocenters. The van der Waals surface area contributed by atoms with Gasteiger partial charge < -0.3 is 0 Å². The van der Waals surface area contributed by atoms with Crippen molar-refractivity contribution in [3.05, 3.63) is 23.3 Å². The van der Waals surface area contributed by atoms with Gasteiger partial charge in [-0.05, 0) is 37.2 Å². The summed E-state index contributed by atoms with van der Waals surface area (Å²) in [6, 6.07) is 0. The minimum Gasteiger partial charge on any atom is -0.0802 e. The number of rotatable bonds is 5. The van der Waals surface area contributed by atoms with Gasteiger partial charge in [-0.2, -0.15) is 0 Å². The maximum absolute atomic E-state index is 2.40. The summed E-state index contributed by atoms with van der Waals surface area (Å²) in [6.45, 7) is 2.29. The lowest BCUT2D eigenvalue weighted by Gasteiger charge is -2.11. The van der Waals surface area contributed by atoms with Gasteiger partial charge >= 0.3 is 0 Å². The minimum absolute atomic E-state index is 0.931. The Labute approximate surface area is 88.1 Å². The molecule has 2 rings (SSSR count). The second-order valence-electron chi connectivity index (χ2n) is 4.75. The van der Waals surface area contributed by atoms with E-state index in [2.05, 4.69) is 19.1 Å². The lowest BCUT2D eigenvalue weighted by molar-refractivity contribution is 0.511. The van der Waals surface area contributed by atoms with Crippen LogP contribution in [0.4, 0.5) is 0 Å². The average Bonchev–Trinajstić information content (AvgIpc) is 2.75. The molecule has 78 valence electrons. The third kappa shape index (κ3) is 2.10. The summed E-state index contributed by atoms with van der Waals surface area (Å²) in [5, 5.41) is 0. The van der Waals surface area contributed by atoms with E-state index < -0.39 is 0 Å². The molecule has 0 aliphatic heterocycles. The van der Waals surface area contributed by atoms with Crippen LogP contribution >= 0.6 is 0 Å². The average molecular weight is 190 g/mol. The lowest BCUT2D eigenvalue weighted by Crippen LogP contribution is -1.97. The van der Waals surface area contributed by atoms with Crippen LogP contribution < -0.4 is 0 Å². The van der Waals surface area contributed by atoms with Crippen molar-refractivity contribution >= 4 is 0 Å². The second-order valence-corrected chi connectivity index (χ2v) is 4.75. The molecule has 0 heterocycles. The Balaban J connectivity index is 1.74. The Morgan fingerprint density at radius 2 is 2.21 bits per heavy atom. The summed E-state index contributed by atoms with van der Waals surface area (Å²) >= 11 is 0. The van der Waals surface area contributed by atoms with Crippen molar-refractivity contribution in [1.82, 2.24) is 0 Å². The van der Waals surface area contributed by atoms with Crippen LogP contribution in [0.1, 0.15) is 58.3 Å². The summed E-state index contributed by atoms with van der Waals surface area (Å²) in [6.07, 6.45) is 16.0.